The first-order valence-corrected chi connectivity index (χ1v) is 8.60. The molecular weight excluding hydrogens is 292 g/mol. The second-order valence-electron chi connectivity index (χ2n) is 5.70. The highest BCUT2D eigenvalue weighted by molar-refractivity contribution is 5.78. The SMILES string of the molecule is CCCCCCCCCCOc1c(OC)cc(C=O)cc1OC. The highest BCUT2D eigenvalue weighted by atomic mass is 16.5. The lowest BCUT2D eigenvalue weighted by molar-refractivity contribution is 0.112. The Morgan fingerprint density at radius 2 is 1.39 bits per heavy atom. The summed E-state index contributed by atoms with van der Waals surface area (Å²) < 4.78 is 16.4. The first-order valence-electron chi connectivity index (χ1n) is 8.60. The zero-order valence-electron chi connectivity index (χ0n) is 14.7. The highest BCUT2D eigenvalue weighted by Gasteiger charge is 2.13. The van der Waals surface area contributed by atoms with Gasteiger partial charge in [0, 0.05) is 5.56 Å². The van der Waals surface area contributed by atoms with E-state index in [0.717, 1.165) is 12.7 Å². The Morgan fingerprint density at radius 3 is 1.87 bits per heavy atom. The maximum absolute atomic E-state index is 10.9. The number of unbranched alkanes of at least 4 members (excludes halogenated alkanes) is 7. The molecule has 4 heteroatoms. The number of rotatable bonds is 13. The van der Waals surface area contributed by atoms with Crippen molar-refractivity contribution in [3.63, 3.8) is 0 Å². The molecule has 4 nitrogen and oxygen atoms in total. The van der Waals surface area contributed by atoms with Crippen molar-refractivity contribution in [2.24, 2.45) is 0 Å². The average Bonchev–Trinajstić information content (AvgIpc) is 2.59. The summed E-state index contributed by atoms with van der Waals surface area (Å²) in [6.45, 7) is 2.86. The van der Waals surface area contributed by atoms with Crippen molar-refractivity contribution in [1.82, 2.24) is 0 Å². The van der Waals surface area contributed by atoms with Crippen molar-refractivity contribution < 1.29 is 19.0 Å². The molecule has 0 N–H and O–H groups in total. The summed E-state index contributed by atoms with van der Waals surface area (Å²) in [5.74, 6) is 1.64. The fourth-order valence-corrected chi connectivity index (χ4v) is 2.52. The molecule has 1 rings (SSSR count). The van der Waals surface area contributed by atoms with Gasteiger partial charge in [-0.25, -0.2) is 0 Å². The van der Waals surface area contributed by atoms with Gasteiger partial charge in [0.1, 0.15) is 6.29 Å². The van der Waals surface area contributed by atoms with E-state index in [1.54, 1.807) is 26.4 Å². The van der Waals surface area contributed by atoms with Crippen LogP contribution in [-0.4, -0.2) is 27.1 Å². The number of ether oxygens (including phenoxy) is 3. The molecule has 0 amide bonds. The zero-order valence-corrected chi connectivity index (χ0v) is 14.7. The van der Waals surface area contributed by atoms with E-state index in [0.29, 0.717) is 29.4 Å². The summed E-state index contributed by atoms with van der Waals surface area (Å²) in [4.78, 5) is 10.9. The predicted octanol–water partition coefficient (Wildman–Crippen LogP) is 5.04. The number of carbonyl (C=O) groups is 1. The van der Waals surface area contributed by atoms with Gasteiger partial charge >= 0.3 is 0 Å². The standard InChI is InChI=1S/C19H30O4/c1-4-5-6-7-8-9-10-11-12-23-19-17(21-2)13-16(15-20)14-18(19)22-3/h13-15H,4-12H2,1-3H3. The first kappa shape index (κ1) is 19.3. The van der Waals surface area contributed by atoms with E-state index >= 15 is 0 Å². The third-order valence-electron chi connectivity index (χ3n) is 3.86. The lowest BCUT2D eigenvalue weighted by Crippen LogP contribution is -2.02. The van der Waals surface area contributed by atoms with Crippen molar-refractivity contribution in [1.29, 1.82) is 0 Å². The van der Waals surface area contributed by atoms with Crippen molar-refractivity contribution >= 4 is 6.29 Å². The molecule has 0 aliphatic rings. The molecule has 0 aliphatic carbocycles. The highest BCUT2D eigenvalue weighted by Crippen LogP contribution is 2.38. The normalized spacial score (nSPS) is 10.4. The monoisotopic (exact) mass is 322 g/mol. The number of hydrogen-bond donors (Lipinski definition) is 0. The predicted molar refractivity (Wildman–Crippen MR) is 93.0 cm³/mol. The van der Waals surface area contributed by atoms with Gasteiger partial charge in [-0.15, -0.1) is 0 Å². The molecule has 1 aromatic carbocycles. The van der Waals surface area contributed by atoms with Crippen molar-refractivity contribution in [2.45, 2.75) is 58.3 Å². The summed E-state index contributed by atoms with van der Waals surface area (Å²) in [5, 5.41) is 0. The van der Waals surface area contributed by atoms with E-state index in [1.165, 1.54) is 44.9 Å². The second kappa shape index (κ2) is 11.8. The number of carbonyl (C=O) groups excluding carboxylic acids is 1. The Morgan fingerprint density at radius 1 is 0.870 bits per heavy atom. The average molecular weight is 322 g/mol. The van der Waals surface area contributed by atoms with Gasteiger partial charge in [-0.05, 0) is 18.6 Å². The van der Waals surface area contributed by atoms with Crippen molar-refractivity contribution in [2.75, 3.05) is 20.8 Å². The smallest absolute Gasteiger partial charge is 0.203 e. The van der Waals surface area contributed by atoms with Crippen LogP contribution in [0.5, 0.6) is 17.2 Å². The largest absolute Gasteiger partial charge is 0.493 e. The van der Waals surface area contributed by atoms with Crippen LogP contribution in [0.2, 0.25) is 0 Å². The third kappa shape index (κ3) is 6.93. The lowest BCUT2D eigenvalue weighted by Gasteiger charge is -2.15. The summed E-state index contributed by atoms with van der Waals surface area (Å²) in [7, 11) is 3.12. The molecule has 0 spiro atoms. The molecule has 0 heterocycles. The molecule has 1 aromatic rings. The molecule has 0 bridgehead atoms. The molecule has 0 aliphatic heterocycles. The minimum absolute atomic E-state index is 0.512. The maximum Gasteiger partial charge on any atom is 0.203 e. The maximum atomic E-state index is 10.9. The van der Waals surface area contributed by atoms with Crippen LogP contribution in [-0.2, 0) is 0 Å². The quantitative estimate of drug-likeness (QED) is 0.377. The van der Waals surface area contributed by atoms with Gasteiger partial charge in [0.2, 0.25) is 5.75 Å². The molecule has 0 fully saturated rings. The Kier molecular flexibility index (Phi) is 9.92. The Balaban J connectivity index is 2.38. The van der Waals surface area contributed by atoms with Crippen LogP contribution in [0.25, 0.3) is 0 Å². The molecule has 23 heavy (non-hydrogen) atoms. The van der Waals surface area contributed by atoms with Crippen LogP contribution >= 0.6 is 0 Å². The van der Waals surface area contributed by atoms with Crippen LogP contribution in [0.4, 0.5) is 0 Å². The molecule has 130 valence electrons. The Hall–Kier alpha value is -1.71. The molecule has 0 atom stereocenters. The van der Waals surface area contributed by atoms with E-state index < -0.39 is 0 Å². The summed E-state index contributed by atoms with van der Waals surface area (Å²) >= 11 is 0. The van der Waals surface area contributed by atoms with E-state index in [2.05, 4.69) is 6.92 Å². The molecule has 0 saturated heterocycles. The zero-order chi connectivity index (χ0) is 16.9. The number of benzene rings is 1. The van der Waals surface area contributed by atoms with E-state index in [1.807, 2.05) is 0 Å². The molecule has 0 aromatic heterocycles. The van der Waals surface area contributed by atoms with Gasteiger partial charge in [0.15, 0.2) is 11.5 Å². The van der Waals surface area contributed by atoms with Crippen molar-refractivity contribution in [3.05, 3.63) is 17.7 Å². The van der Waals surface area contributed by atoms with E-state index in [-0.39, 0.29) is 0 Å². The van der Waals surface area contributed by atoms with E-state index in [4.69, 9.17) is 14.2 Å². The number of hydrogen-bond acceptors (Lipinski definition) is 4. The Labute approximate surface area is 140 Å². The van der Waals surface area contributed by atoms with Crippen molar-refractivity contribution in [3.8, 4) is 17.2 Å². The van der Waals surface area contributed by atoms with Gasteiger partial charge in [-0.2, -0.15) is 0 Å². The lowest BCUT2D eigenvalue weighted by atomic mass is 10.1. The van der Waals surface area contributed by atoms with Crippen LogP contribution in [0.1, 0.15) is 68.6 Å². The van der Waals surface area contributed by atoms with Crippen LogP contribution in [0, 0.1) is 0 Å². The number of aldehydes is 1. The summed E-state index contributed by atoms with van der Waals surface area (Å²) in [6, 6.07) is 3.33. The van der Waals surface area contributed by atoms with Crippen LogP contribution in [0.3, 0.4) is 0 Å². The second-order valence-corrected chi connectivity index (χ2v) is 5.70. The van der Waals surface area contributed by atoms with Gasteiger partial charge < -0.3 is 14.2 Å². The summed E-state index contributed by atoms with van der Waals surface area (Å²) in [5.41, 5.74) is 0.512. The fourth-order valence-electron chi connectivity index (χ4n) is 2.52. The minimum atomic E-state index is 0.512. The van der Waals surface area contributed by atoms with Gasteiger partial charge in [-0.3, -0.25) is 4.79 Å². The van der Waals surface area contributed by atoms with Gasteiger partial charge in [-0.1, -0.05) is 51.9 Å². The third-order valence-corrected chi connectivity index (χ3v) is 3.86. The Bertz CT molecular complexity index is 432. The molecule has 0 saturated carbocycles. The number of methoxy groups -OCH3 is 2. The first-order chi connectivity index (χ1) is 11.3. The van der Waals surface area contributed by atoms with Gasteiger partial charge in [0.25, 0.3) is 0 Å². The van der Waals surface area contributed by atoms with Gasteiger partial charge in [0.05, 0.1) is 20.8 Å². The minimum Gasteiger partial charge on any atom is -0.493 e. The molecule has 0 radical (unpaired) electrons. The topological polar surface area (TPSA) is 44.8 Å². The fraction of sp³-hybridized carbons (Fsp3) is 0.632. The molecular formula is C19H30O4. The van der Waals surface area contributed by atoms with Crippen LogP contribution in [0.15, 0.2) is 12.1 Å². The van der Waals surface area contributed by atoms with Crippen LogP contribution < -0.4 is 14.2 Å². The van der Waals surface area contributed by atoms with E-state index in [9.17, 15) is 4.79 Å². The summed E-state index contributed by atoms with van der Waals surface area (Å²) in [6.07, 6.45) is 10.8. The molecule has 0 unspecified atom stereocenters.